The lowest BCUT2D eigenvalue weighted by Crippen LogP contribution is -2.29. The highest BCUT2D eigenvalue weighted by atomic mass is 16.4. The fourth-order valence-electron chi connectivity index (χ4n) is 3.01. The number of nitrogens with two attached hydrogens (primary N) is 2. The topological polar surface area (TPSA) is 70.5 Å². The molecule has 0 aliphatic rings. The molecule has 28 heavy (non-hydrogen) atoms. The van der Waals surface area contributed by atoms with Crippen LogP contribution in [0.25, 0.3) is 0 Å². The smallest absolute Gasteiger partial charge is 0.308 e. The molecular weight excluding hydrogens is 346 g/mol. The maximum Gasteiger partial charge on any atom is 0.308 e. The minimum Gasteiger partial charge on any atom is -0.432 e. The van der Waals surface area contributed by atoms with Crippen molar-refractivity contribution in [2.45, 2.75) is 12.1 Å². The Morgan fingerprint density at radius 1 is 0.607 bits per heavy atom. The van der Waals surface area contributed by atoms with Gasteiger partial charge in [0.15, 0.2) is 0 Å². The maximum atomic E-state index is 6.17. The summed E-state index contributed by atoms with van der Waals surface area (Å²) in [5, 5.41) is 0. The molecule has 0 amide bonds. The lowest BCUT2D eigenvalue weighted by molar-refractivity contribution is 0.310. The molecule has 142 valence electrons. The van der Waals surface area contributed by atoms with E-state index in [0.717, 1.165) is 22.1 Å². The summed E-state index contributed by atoms with van der Waals surface area (Å²) in [7, 11) is 1.05. The molecule has 0 fully saturated rings. The Morgan fingerprint density at radius 3 is 1.46 bits per heavy atom. The highest BCUT2D eigenvalue weighted by Gasteiger charge is 2.08. The van der Waals surface area contributed by atoms with Gasteiger partial charge in [-0.2, -0.15) is 0 Å². The fourth-order valence-corrected chi connectivity index (χ4v) is 3.01. The van der Waals surface area contributed by atoms with Gasteiger partial charge in [0.2, 0.25) is 0 Å². The van der Waals surface area contributed by atoms with Crippen LogP contribution in [0.4, 0.5) is 0 Å². The van der Waals surface area contributed by atoms with Crippen LogP contribution in [-0.2, 0) is 9.31 Å². The molecule has 0 spiro atoms. The Balaban J connectivity index is 1.42. The van der Waals surface area contributed by atoms with E-state index in [-0.39, 0.29) is 12.1 Å². The van der Waals surface area contributed by atoms with E-state index in [2.05, 4.69) is 6.07 Å². The zero-order chi connectivity index (χ0) is 19.6. The highest BCUT2D eigenvalue weighted by Crippen LogP contribution is 2.10. The number of hydrogen-bond acceptors (Lipinski definition) is 4. The van der Waals surface area contributed by atoms with E-state index >= 15 is 0 Å². The van der Waals surface area contributed by atoms with Crippen molar-refractivity contribution < 1.29 is 9.31 Å². The zero-order valence-corrected chi connectivity index (χ0v) is 16.0. The van der Waals surface area contributed by atoms with Crippen LogP contribution in [0.15, 0.2) is 84.9 Å². The van der Waals surface area contributed by atoms with Crippen molar-refractivity contribution in [2.75, 3.05) is 13.2 Å². The lowest BCUT2D eigenvalue weighted by Gasteiger charge is -2.13. The third kappa shape index (κ3) is 6.36. The van der Waals surface area contributed by atoms with Crippen LogP contribution in [0.2, 0.25) is 0 Å². The Kier molecular flexibility index (Phi) is 7.88. The van der Waals surface area contributed by atoms with Crippen LogP contribution in [0.3, 0.4) is 0 Å². The molecule has 3 aromatic carbocycles. The van der Waals surface area contributed by atoms with Gasteiger partial charge in [-0.3, -0.25) is 0 Å². The number of rotatable bonds is 10. The van der Waals surface area contributed by atoms with Crippen LogP contribution >= 0.6 is 0 Å². The largest absolute Gasteiger partial charge is 0.432 e. The first-order valence-electron chi connectivity index (χ1n) is 9.57. The minimum absolute atomic E-state index is 0.118. The van der Waals surface area contributed by atoms with Crippen molar-refractivity contribution >= 4 is 25.9 Å². The summed E-state index contributed by atoms with van der Waals surface area (Å²) in [6, 6.07) is 28.0. The quantitative estimate of drug-likeness (QED) is 0.523. The molecule has 2 atom stereocenters. The average Bonchev–Trinajstić information content (AvgIpc) is 2.75. The van der Waals surface area contributed by atoms with Crippen LogP contribution in [-0.4, -0.2) is 28.2 Å². The summed E-state index contributed by atoms with van der Waals surface area (Å²) in [5.74, 6) is 0. The zero-order valence-electron chi connectivity index (χ0n) is 16.0. The molecule has 4 nitrogen and oxygen atoms in total. The second-order valence-corrected chi connectivity index (χ2v) is 6.88. The van der Waals surface area contributed by atoms with Gasteiger partial charge in [-0.15, -0.1) is 0 Å². The molecule has 0 bridgehead atoms. The van der Waals surface area contributed by atoms with Gasteiger partial charge in [0.1, 0.15) is 0 Å². The van der Waals surface area contributed by atoms with Crippen molar-refractivity contribution in [3.63, 3.8) is 0 Å². The summed E-state index contributed by atoms with van der Waals surface area (Å²) in [6.45, 7) is 0.966. The number of hydrogen-bond donors (Lipinski definition) is 2. The van der Waals surface area contributed by atoms with E-state index in [4.69, 9.17) is 20.8 Å². The molecule has 0 aromatic heterocycles. The van der Waals surface area contributed by atoms with Crippen LogP contribution < -0.4 is 22.4 Å². The Labute approximate surface area is 168 Å². The monoisotopic (exact) mass is 372 g/mol. The van der Waals surface area contributed by atoms with Crippen molar-refractivity contribution in [1.29, 1.82) is 0 Å². The van der Waals surface area contributed by atoms with Gasteiger partial charge in [-0.25, -0.2) is 0 Å². The van der Waals surface area contributed by atoms with E-state index in [0.29, 0.717) is 28.2 Å². The van der Waals surface area contributed by atoms with E-state index < -0.39 is 0 Å². The van der Waals surface area contributed by atoms with E-state index in [1.54, 1.807) is 0 Å². The molecule has 2 unspecified atom stereocenters. The lowest BCUT2D eigenvalue weighted by atomic mass is 9.80. The summed E-state index contributed by atoms with van der Waals surface area (Å²) in [4.78, 5) is 0. The molecule has 0 radical (unpaired) electrons. The van der Waals surface area contributed by atoms with Crippen LogP contribution in [0, 0.1) is 0 Å². The first-order valence-corrected chi connectivity index (χ1v) is 9.57. The second-order valence-electron chi connectivity index (χ2n) is 6.88. The highest BCUT2D eigenvalue weighted by molar-refractivity contribution is 6.51. The summed E-state index contributed by atoms with van der Waals surface area (Å²) < 4.78 is 11.6. The third-order valence-electron chi connectivity index (χ3n) is 4.58. The Morgan fingerprint density at radius 2 is 1.04 bits per heavy atom. The fraction of sp³-hybridized carbons (Fsp3) is 0.182. The van der Waals surface area contributed by atoms with Crippen molar-refractivity contribution in [1.82, 2.24) is 0 Å². The Hall–Kier alpha value is -2.37. The SMILES string of the molecule is NC(COBc1cccc(BOCC(N)c2ccccc2)c1)c1ccccc1. The molecule has 0 saturated carbocycles. The molecular formula is C22H26B2N2O2. The van der Waals surface area contributed by atoms with Gasteiger partial charge in [-0.1, -0.05) is 95.9 Å². The van der Waals surface area contributed by atoms with Crippen molar-refractivity contribution in [3.05, 3.63) is 96.1 Å². The molecule has 4 N–H and O–H groups in total. The molecule has 3 rings (SSSR count). The maximum absolute atomic E-state index is 6.17. The molecule has 3 aromatic rings. The van der Waals surface area contributed by atoms with Gasteiger partial charge < -0.3 is 20.8 Å². The van der Waals surface area contributed by atoms with Gasteiger partial charge in [0.25, 0.3) is 0 Å². The first kappa shape index (κ1) is 20.4. The van der Waals surface area contributed by atoms with Gasteiger partial charge in [-0.05, 0) is 11.1 Å². The normalized spacial score (nSPS) is 12.9. The average molecular weight is 372 g/mol. The van der Waals surface area contributed by atoms with Crippen molar-refractivity contribution in [2.24, 2.45) is 11.5 Å². The van der Waals surface area contributed by atoms with E-state index in [1.165, 1.54) is 0 Å². The van der Waals surface area contributed by atoms with Gasteiger partial charge >= 0.3 is 15.0 Å². The van der Waals surface area contributed by atoms with E-state index in [9.17, 15) is 0 Å². The minimum atomic E-state index is -0.118. The van der Waals surface area contributed by atoms with Gasteiger partial charge in [0, 0.05) is 13.2 Å². The molecule has 0 aliphatic heterocycles. The predicted molar refractivity (Wildman–Crippen MR) is 119 cm³/mol. The molecule has 6 heteroatoms. The van der Waals surface area contributed by atoms with E-state index in [1.807, 2.05) is 78.9 Å². The predicted octanol–water partition coefficient (Wildman–Crippen LogP) is 1.07. The van der Waals surface area contributed by atoms with Crippen molar-refractivity contribution in [3.8, 4) is 0 Å². The molecule has 0 aliphatic carbocycles. The summed E-state index contributed by atoms with van der Waals surface area (Å²) in [6.07, 6.45) is 0. The Bertz CT molecular complexity index is 767. The standard InChI is InChI=1S/C22H26B2N2O2/c25-21(17-8-3-1-4-9-17)15-27-23-19-12-7-13-20(14-19)24-28-16-22(26)18-10-5-2-6-11-18/h1-14,21-24H,15-16,25-26H2. The van der Waals surface area contributed by atoms with Crippen LogP contribution in [0.5, 0.6) is 0 Å². The van der Waals surface area contributed by atoms with Gasteiger partial charge in [0.05, 0.1) is 12.1 Å². The summed E-state index contributed by atoms with van der Waals surface area (Å²) >= 11 is 0. The number of benzene rings is 3. The summed E-state index contributed by atoms with van der Waals surface area (Å²) in [5.41, 5.74) is 16.7. The van der Waals surface area contributed by atoms with Crippen LogP contribution in [0.1, 0.15) is 23.2 Å². The molecule has 0 saturated heterocycles. The molecule has 0 heterocycles. The third-order valence-corrected chi connectivity index (χ3v) is 4.58. The first-order chi connectivity index (χ1) is 13.7. The second kappa shape index (κ2) is 10.8.